The highest BCUT2D eigenvalue weighted by Crippen LogP contribution is 2.29. The number of likely N-dealkylation sites (tertiary alicyclic amines) is 2. The van der Waals surface area contributed by atoms with E-state index in [0.29, 0.717) is 35.2 Å². The van der Waals surface area contributed by atoms with Gasteiger partial charge in [-0.3, -0.25) is 13.9 Å². The van der Waals surface area contributed by atoms with E-state index in [1.165, 1.54) is 31.3 Å². The molecule has 0 aromatic heterocycles. The van der Waals surface area contributed by atoms with Crippen molar-refractivity contribution >= 4 is 33.4 Å². The highest BCUT2D eigenvalue weighted by molar-refractivity contribution is 7.89. The van der Waals surface area contributed by atoms with Gasteiger partial charge in [0.2, 0.25) is 11.8 Å². The van der Waals surface area contributed by atoms with Crippen molar-refractivity contribution in [3.8, 4) is 0 Å². The van der Waals surface area contributed by atoms with Crippen molar-refractivity contribution in [1.82, 2.24) is 19.4 Å². The molecular formula is C23H31ClN4O4S. The van der Waals surface area contributed by atoms with Gasteiger partial charge in [-0.2, -0.15) is 0 Å². The molecule has 0 aliphatic carbocycles. The van der Waals surface area contributed by atoms with Gasteiger partial charge in [-0.1, -0.05) is 11.6 Å². The van der Waals surface area contributed by atoms with E-state index in [0.717, 1.165) is 30.4 Å². The Kier molecular flexibility index (Phi) is 7.02. The van der Waals surface area contributed by atoms with E-state index in [9.17, 15) is 18.0 Å². The Morgan fingerprint density at radius 2 is 1.88 bits per heavy atom. The lowest BCUT2D eigenvalue weighted by Gasteiger charge is -2.32. The highest BCUT2D eigenvalue weighted by Gasteiger charge is 2.39. The first kappa shape index (κ1) is 24.0. The smallest absolute Gasteiger partial charge is 0.264 e. The number of halogens is 1. The second-order valence-corrected chi connectivity index (χ2v) is 11.5. The van der Waals surface area contributed by atoms with E-state index in [1.54, 1.807) is 24.8 Å². The molecule has 8 nitrogen and oxygen atoms in total. The SMILES string of the molecule is Cc1cc(S(=O)(=O)N2C=CNC(=O)[C@H]2CC(=O)N2CC[C@@H](CN3CCCC3)C2)c(C)cc1Cl. The molecule has 2 atom stereocenters. The van der Waals surface area contributed by atoms with Gasteiger partial charge in [-0.05, 0) is 75.4 Å². The van der Waals surface area contributed by atoms with E-state index in [-0.39, 0.29) is 17.2 Å². The van der Waals surface area contributed by atoms with E-state index in [1.807, 2.05) is 0 Å². The van der Waals surface area contributed by atoms with Gasteiger partial charge in [0.15, 0.2) is 0 Å². The number of nitrogens with one attached hydrogen (secondary N) is 1. The average molecular weight is 495 g/mol. The molecule has 0 unspecified atom stereocenters. The first-order chi connectivity index (χ1) is 15.7. The van der Waals surface area contributed by atoms with Crippen LogP contribution in [0.25, 0.3) is 0 Å². The Morgan fingerprint density at radius 3 is 2.61 bits per heavy atom. The quantitative estimate of drug-likeness (QED) is 0.655. The number of sulfonamides is 1. The molecule has 2 fully saturated rings. The van der Waals surface area contributed by atoms with Crippen LogP contribution in [0, 0.1) is 19.8 Å². The van der Waals surface area contributed by atoms with Crippen LogP contribution in [0.3, 0.4) is 0 Å². The molecule has 4 rings (SSSR count). The van der Waals surface area contributed by atoms with Crippen molar-refractivity contribution in [3.05, 3.63) is 40.7 Å². The van der Waals surface area contributed by atoms with Crippen molar-refractivity contribution < 1.29 is 18.0 Å². The minimum absolute atomic E-state index is 0.0769. The lowest BCUT2D eigenvalue weighted by molar-refractivity contribution is -0.135. The molecule has 2 saturated heterocycles. The third-order valence-corrected chi connectivity index (χ3v) is 9.12. The van der Waals surface area contributed by atoms with Gasteiger partial charge in [-0.15, -0.1) is 0 Å². The molecule has 33 heavy (non-hydrogen) atoms. The summed E-state index contributed by atoms with van der Waals surface area (Å²) in [5, 5.41) is 3.02. The highest BCUT2D eigenvalue weighted by atomic mass is 35.5. The zero-order chi connectivity index (χ0) is 23.8. The van der Waals surface area contributed by atoms with E-state index < -0.39 is 22.0 Å². The maximum Gasteiger partial charge on any atom is 0.264 e. The van der Waals surface area contributed by atoms with Crippen molar-refractivity contribution in [3.63, 3.8) is 0 Å². The van der Waals surface area contributed by atoms with Crippen LogP contribution < -0.4 is 5.32 Å². The summed E-state index contributed by atoms with van der Waals surface area (Å²) in [5.74, 6) is -0.282. The molecule has 180 valence electrons. The Morgan fingerprint density at radius 1 is 1.15 bits per heavy atom. The second-order valence-electron chi connectivity index (χ2n) is 9.25. The number of carbonyl (C=O) groups is 2. The summed E-state index contributed by atoms with van der Waals surface area (Å²) in [6.07, 6.45) is 5.81. The van der Waals surface area contributed by atoms with Gasteiger partial charge in [0.1, 0.15) is 6.04 Å². The molecule has 0 saturated carbocycles. The number of nitrogens with zero attached hydrogens (tertiary/aromatic N) is 3. The predicted molar refractivity (Wildman–Crippen MR) is 126 cm³/mol. The molecule has 0 radical (unpaired) electrons. The molecule has 0 spiro atoms. The van der Waals surface area contributed by atoms with Crippen LogP contribution in [0.2, 0.25) is 5.02 Å². The zero-order valence-corrected chi connectivity index (χ0v) is 20.7. The molecule has 3 aliphatic heterocycles. The van der Waals surface area contributed by atoms with Crippen LogP contribution in [-0.2, 0) is 19.6 Å². The molecular weight excluding hydrogens is 464 g/mol. The van der Waals surface area contributed by atoms with Crippen LogP contribution in [-0.4, -0.2) is 73.1 Å². The summed E-state index contributed by atoms with van der Waals surface area (Å²) >= 11 is 6.14. The number of hydrogen-bond donors (Lipinski definition) is 1. The molecule has 2 amide bonds. The standard InChI is InChI=1S/C23H31ClN4O4S/c1-16-12-21(17(2)11-19(16)24)33(31,32)28-10-6-25-23(30)20(28)13-22(29)27-9-5-18(15-27)14-26-7-3-4-8-26/h6,10-12,18,20H,3-5,7-9,13-15H2,1-2H3,(H,25,30)/t18-,20+/m0/s1. The van der Waals surface area contributed by atoms with Gasteiger partial charge in [0, 0.05) is 37.1 Å². The monoisotopic (exact) mass is 494 g/mol. The molecule has 10 heteroatoms. The Hall–Kier alpha value is -2.10. The fourth-order valence-corrected chi connectivity index (χ4v) is 6.88. The topological polar surface area (TPSA) is 90.0 Å². The largest absolute Gasteiger partial charge is 0.342 e. The Labute approximate surface area is 200 Å². The van der Waals surface area contributed by atoms with Crippen molar-refractivity contribution in [2.45, 2.75) is 50.5 Å². The van der Waals surface area contributed by atoms with E-state index >= 15 is 0 Å². The van der Waals surface area contributed by atoms with Crippen molar-refractivity contribution in [1.29, 1.82) is 0 Å². The number of rotatable bonds is 6. The maximum atomic E-state index is 13.5. The lowest BCUT2D eigenvalue weighted by atomic mass is 10.1. The third kappa shape index (κ3) is 5.05. The molecule has 3 heterocycles. The minimum atomic E-state index is -4.06. The fraction of sp³-hybridized carbons (Fsp3) is 0.565. The predicted octanol–water partition coefficient (Wildman–Crippen LogP) is 2.25. The Balaban J connectivity index is 1.49. The molecule has 1 N–H and O–H groups in total. The zero-order valence-electron chi connectivity index (χ0n) is 19.1. The van der Waals surface area contributed by atoms with Crippen molar-refractivity contribution in [2.24, 2.45) is 5.92 Å². The normalized spacial score (nSPS) is 23.9. The summed E-state index contributed by atoms with van der Waals surface area (Å²) in [6, 6.07) is 1.97. The van der Waals surface area contributed by atoms with Gasteiger partial charge < -0.3 is 15.1 Å². The van der Waals surface area contributed by atoms with Crippen LogP contribution in [0.1, 0.15) is 36.8 Å². The lowest BCUT2D eigenvalue weighted by Crippen LogP contribution is -2.51. The minimum Gasteiger partial charge on any atom is -0.342 e. The second kappa shape index (κ2) is 9.64. The molecule has 0 bridgehead atoms. The van der Waals surface area contributed by atoms with Crippen LogP contribution in [0.15, 0.2) is 29.4 Å². The number of benzene rings is 1. The fourth-order valence-electron chi connectivity index (χ4n) is 4.92. The first-order valence-corrected chi connectivity index (χ1v) is 13.3. The number of amides is 2. The third-order valence-electron chi connectivity index (χ3n) is 6.79. The number of aryl methyl sites for hydroxylation is 2. The van der Waals surface area contributed by atoms with Crippen molar-refractivity contribution in [2.75, 3.05) is 32.7 Å². The van der Waals surface area contributed by atoms with Gasteiger partial charge in [-0.25, -0.2) is 8.42 Å². The van der Waals surface area contributed by atoms with Gasteiger partial charge in [0.25, 0.3) is 10.0 Å². The number of hydrogen-bond acceptors (Lipinski definition) is 5. The summed E-state index contributed by atoms with van der Waals surface area (Å²) in [7, 11) is -4.06. The first-order valence-electron chi connectivity index (χ1n) is 11.4. The summed E-state index contributed by atoms with van der Waals surface area (Å²) < 4.78 is 28.0. The van der Waals surface area contributed by atoms with Gasteiger partial charge in [0.05, 0.1) is 11.3 Å². The van der Waals surface area contributed by atoms with E-state index in [2.05, 4.69) is 10.2 Å². The van der Waals surface area contributed by atoms with E-state index in [4.69, 9.17) is 11.6 Å². The molecule has 3 aliphatic rings. The number of carbonyl (C=O) groups excluding carboxylic acids is 2. The molecule has 1 aromatic carbocycles. The van der Waals surface area contributed by atoms with Gasteiger partial charge >= 0.3 is 0 Å². The molecule has 1 aromatic rings. The maximum absolute atomic E-state index is 13.5. The summed E-state index contributed by atoms with van der Waals surface area (Å²) in [5.41, 5.74) is 1.11. The van der Waals surface area contributed by atoms with Crippen LogP contribution in [0.4, 0.5) is 0 Å². The Bertz CT molecular complexity index is 1070. The average Bonchev–Trinajstić information content (AvgIpc) is 3.44. The summed E-state index contributed by atoms with van der Waals surface area (Å²) in [4.78, 5) is 30.0. The van der Waals surface area contributed by atoms with Crippen LogP contribution in [0.5, 0.6) is 0 Å². The van der Waals surface area contributed by atoms with Crippen LogP contribution >= 0.6 is 11.6 Å². The summed E-state index contributed by atoms with van der Waals surface area (Å²) in [6.45, 7) is 7.92.